The molecule has 0 saturated carbocycles. The highest BCUT2D eigenvalue weighted by Crippen LogP contribution is 2.49. The zero-order valence-corrected chi connectivity index (χ0v) is 12.6. The molecule has 0 aliphatic carbocycles. The van der Waals surface area contributed by atoms with Crippen LogP contribution < -0.4 is 4.90 Å². The molecule has 0 saturated heterocycles. The van der Waals surface area contributed by atoms with Crippen LogP contribution in [0.3, 0.4) is 0 Å². The van der Waals surface area contributed by atoms with Gasteiger partial charge in [0, 0.05) is 36.1 Å². The van der Waals surface area contributed by atoms with Crippen LogP contribution in [0, 0.1) is 0 Å². The minimum atomic E-state index is -4.47. The van der Waals surface area contributed by atoms with Crippen molar-refractivity contribution in [2.24, 2.45) is 0 Å². The first-order chi connectivity index (χ1) is 10.3. The maximum absolute atomic E-state index is 13.1. The van der Waals surface area contributed by atoms with Gasteiger partial charge in [0.25, 0.3) is 0 Å². The quantitative estimate of drug-likeness (QED) is 0.811. The average molecular weight is 330 g/mol. The van der Waals surface area contributed by atoms with Crippen LogP contribution in [-0.4, -0.2) is 29.7 Å². The summed E-state index contributed by atoms with van der Waals surface area (Å²) in [6.45, 7) is 2.63. The second-order valence-electron chi connectivity index (χ2n) is 5.46. The lowest BCUT2D eigenvalue weighted by atomic mass is 9.91. The van der Waals surface area contributed by atoms with E-state index in [9.17, 15) is 18.3 Å². The van der Waals surface area contributed by atoms with E-state index >= 15 is 0 Å². The smallest absolute Gasteiger partial charge is 0.405 e. The molecule has 3 rings (SSSR count). The van der Waals surface area contributed by atoms with Gasteiger partial charge in [0.1, 0.15) is 11.1 Å². The van der Waals surface area contributed by atoms with Gasteiger partial charge in [-0.25, -0.2) is 0 Å². The number of fused-ring (bicyclic) bond motifs is 3. The topological polar surface area (TPSA) is 23.5 Å². The molecule has 2 aromatic carbocycles. The summed E-state index contributed by atoms with van der Waals surface area (Å²) in [5.41, 5.74) is 1.21. The zero-order chi connectivity index (χ0) is 16.1. The van der Waals surface area contributed by atoms with E-state index in [1.54, 1.807) is 30.3 Å². The summed E-state index contributed by atoms with van der Waals surface area (Å²) >= 11 is 5.74. The Labute approximate surface area is 131 Å². The number of anilines is 1. The van der Waals surface area contributed by atoms with E-state index in [2.05, 4.69) is 0 Å². The highest BCUT2D eigenvalue weighted by molar-refractivity contribution is 6.22. The molecule has 1 N–H and O–H groups in total. The van der Waals surface area contributed by atoms with Gasteiger partial charge in [-0.2, -0.15) is 13.2 Å². The summed E-state index contributed by atoms with van der Waals surface area (Å²) in [7, 11) is 0. The Morgan fingerprint density at radius 3 is 2.55 bits per heavy atom. The first-order valence-corrected chi connectivity index (χ1v) is 7.48. The first-order valence-electron chi connectivity index (χ1n) is 7.05. The molecule has 2 aromatic rings. The van der Waals surface area contributed by atoms with Gasteiger partial charge in [-0.3, -0.25) is 0 Å². The second kappa shape index (κ2) is 5.23. The Kier molecular flexibility index (Phi) is 3.63. The van der Waals surface area contributed by atoms with Crippen molar-refractivity contribution in [1.29, 1.82) is 0 Å². The van der Waals surface area contributed by atoms with Gasteiger partial charge in [0.15, 0.2) is 0 Å². The number of benzene rings is 2. The van der Waals surface area contributed by atoms with Crippen LogP contribution in [0.5, 0.6) is 5.75 Å². The van der Waals surface area contributed by atoms with Gasteiger partial charge >= 0.3 is 6.18 Å². The van der Waals surface area contributed by atoms with Crippen LogP contribution >= 0.6 is 11.6 Å². The number of halogens is 4. The molecular weight excluding hydrogens is 315 g/mol. The number of aromatic hydroxyl groups is 1. The molecule has 2 unspecified atom stereocenters. The van der Waals surface area contributed by atoms with Crippen molar-refractivity contribution in [1.82, 2.24) is 0 Å². The number of likely N-dealkylation sites (N-methyl/N-ethyl adjacent to an activating group) is 1. The van der Waals surface area contributed by atoms with E-state index in [0.29, 0.717) is 28.6 Å². The lowest BCUT2D eigenvalue weighted by molar-refractivity contribution is -0.134. The predicted octanol–water partition coefficient (Wildman–Crippen LogP) is 4.64. The summed E-state index contributed by atoms with van der Waals surface area (Å²) in [6.07, 6.45) is -4.47. The Balaban J connectivity index is 2.25. The fraction of sp³-hybridized carbons (Fsp3) is 0.375. The number of hydrogen-bond donors (Lipinski definition) is 1. The van der Waals surface area contributed by atoms with Crippen molar-refractivity contribution >= 4 is 28.1 Å². The van der Waals surface area contributed by atoms with Gasteiger partial charge in [-0.05, 0) is 17.9 Å². The largest absolute Gasteiger partial charge is 0.507 e. The zero-order valence-electron chi connectivity index (χ0n) is 11.9. The van der Waals surface area contributed by atoms with Crippen molar-refractivity contribution in [2.45, 2.75) is 24.4 Å². The molecule has 2 atom stereocenters. The fourth-order valence-corrected chi connectivity index (χ4v) is 3.41. The minimum absolute atomic E-state index is 0.0755. The van der Waals surface area contributed by atoms with Crippen molar-refractivity contribution < 1.29 is 18.3 Å². The summed E-state index contributed by atoms with van der Waals surface area (Å²) in [4.78, 5) is 1.83. The molecule has 2 nitrogen and oxygen atoms in total. The van der Waals surface area contributed by atoms with E-state index in [0.717, 1.165) is 0 Å². The monoisotopic (exact) mass is 329 g/mol. The molecule has 0 radical (unpaired) electrons. The number of nitrogens with zero attached hydrogens (tertiary/aromatic N) is 1. The van der Waals surface area contributed by atoms with Crippen molar-refractivity contribution in [3.8, 4) is 5.75 Å². The van der Waals surface area contributed by atoms with Crippen LogP contribution in [0.25, 0.3) is 10.8 Å². The molecule has 0 bridgehead atoms. The van der Waals surface area contributed by atoms with Gasteiger partial charge in [-0.15, -0.1) is 11.6 Å². The van der Waals surface area contributed by atoms with Gasteiger partial charge in [0.2, 0.25) is 0 Å². The Morgan fingerprint density at radius 1 is 1.32 bits per heavy atom. The molecule has 1 aliphatic rings. The number of phenols is 1. The van der Waals surface area contributed by atoms with E-state index in [1.807, 2.05) is 11.8 Å². The second-order valence-corrected chi connectivity index (χ2v) is 5.93. The number of rotatable bonds is 2. The lowest BCUT2D eigenvalue weighted by Gasteiger charge is -2.22. The average Bonchev–Trinajstić information content (AvgIpc) is 2.84. The molecule has 0 spiro atoms. The lowest BCUT2D eigenvalue weighted by Crippen LogP contribution is -2.33. The van der Waals surface area contributed by atoms with Crippen molar-refractivity contribution in [3.05, 3.63) is 35.9 Å². The van der Waals surface area contributed by atoms with Crippen molar-refractivity contribution in [2.75, 3.05) is 18.0 Å². The summed E-state index contributed by atoms with van der Waals surface area (Å²) in [6, 6.07) is 8.48. The Morgan fingerprint density at radius 2 is 1.95 bits per heavy atom. The summed E-state index contributed by atoms with van der Waals surface area (Å²) in [5.74, 6) is -0.770. The molecule has 22 heavy (non-hydrogen) atoms. The normalized spacial score (nSPS) is 19.5. The van der Waals surface area contributed by atoms with Crippen LogP contribution in [0.2, 0.25) is 0 Å². The number of alkyl halides is 4. The van der Waals surface area contributed by atoms with Crippen LogP contribution in [0.15, 0.2) is 30.3 Å². The maximum Gasteiger partial charge on any atom is 0.405 e. The van der Waals surface area contributed by atoms with E-state index in [-0.39, 0.29) is 12.3 Å². The molecule has 6 heteroatoms. The third kappa shape index (κ3) is 2.28. The third-order valence-corrected chi connectivity index (χ3v) is 4.77. The molecule has 1 aliphatic heterocycles. The highest BCUT2D eigenvalue weighted by Gasteiger charge is 2.48. The van der Waals surface area contributed by atoms with E-state index in [4.69, 9.17) is 11.6 Å². The minimum Gasteiger partial charge on any atom is -0.507 e. The maximum atomic E-state index is 13.1. The van der Waals surface area contributed by atoms with Crippen LogP contribution in [0.4, 0.5) is 18.9 Å². The Bertz CT molecular complexity index is 716. The molecule has 0 amide bonds. The number of phenolic OH excluding ortho intramolecular Hbond substituents is 1. The summed E-state index contributed by atoms with van der Waals surface area (Å²) < 4.78 is 39.3. The SMILES string of the molecule is CCN1CC(C(Cl)C(F)(F)F)c2c1cc(O)c1ccccc21. The van der Waals surface area contributed by atoms with Gasteiger partial charge < -0.3 is 10.0 Å². The third-order valence-electron chi connectivity index (χ3n) is 4.22. The highest BCUT2D eigenvalue weighted by atomic mass is 35.5. The predicted molar refractivity (Wildman–Crippen MR) is 81.9 cm³/mol. The first kappa shape index (κ1) is 15.3. The standard InChI is InChI=1S/C16H15ClF3NO/c1-2-21-8-11(15(17)16(18,19)20)14-10-6-4-3-5-9(10)13(22)7-12(14)21/h3-7,11,15,22H,2,8H2,1H3. The van der Waals surface area contributed by atoms with Crippen LogP contribution in [0.1, 0.15) is 18.4 Å². The van der Waals surface area contributed by atoms with E-state index in [1.165, 1.54) is 0 Å². The molecule has 0 fully saturated rings. The van der Waals surface area contributed by atoms with Gasteiger partial charge in [0.05, 0.1) is 0 Å². The fourth-order valence-electron chi connectivity index (χ4n) is 3.21. The van der Waals surface area contributed by atoms with Gasteiger partial charge in [-0.1, -0.05) is 24.3 Å². The summed E-state index contributed by atoms with van der Waals surface area (Å²) in [5, 5.41) is 9.39. The molecule has 1 heterocycles. The van der Waals surface area contributed by atoms with E-state index < -0.39 is 17.5 Å². The molecule has 118 valence electrons. The molecular formula is C16H15ClF3NO. The number of hydrogen-bond acceptors (Lipinski definition) is 2. The van der Waals surface area contributed by atoms with Crippen LogP contribution in [-0.2, 0) is 0 Å². The Hall–Kier alpha value is -1.62. The van der Waals surface area contributed by atoms with Crippen molar-refractivity contribution in [3.63, 3.8) is 0 Å². The molecule has 0 aromatic heterocycles.